The van der Waals surface area contributed by atoms with Crippen molar-refractivity contribution in [3.8, 4) is 0 Å². The molecule has 0 saturated carbocycles. The first-order chi connectivity index (χ1) is 9.78. The normalized spacial score (nSPS) is 10.9. The fraction of sp³-hybridized carbons (Fsp3) is 0.429. The predicted octanol–water partition coefficient (Wildman–Crippen LogP) is 3.69. The van der Waals surface area contributed by atoms with Gasteiger partial charge in [0.2, 0.25) is 5.89 Å². The Hall–Kier alpha value is -1.04. The molecule has 0 amide bonds. The van der Waals surface area contributed by atoms with Crippen LogP contribution in [0.15, 0.2) is 33.7 Å². The van der Waals surface area contributed by atoms with E-state index in [1.54, 1.807) is 11.8 Å². The van der Waals surface area contributed by atoms with E-state index in [9.17, 15) is 0 Å². The van der Waals surface area contributed by atoms with E-state index in [2.05, 4.69) is 10.1 Å². The summed E-state index contributed by atoms with van der Waals surface area (Å²) >= 11 is 7.59. The summed E-state index contributed by atoms with van der Waals surface area (Å²) < 4.78 is 5.23. The van der Waals surface area contributed by atoms with Crippen LogP contribution < -0.4 is 5.73 Å². The van der Waals surface area contributed by atoms with E-state index in [-0.39, 0.29) is 0 Å². The van der Waals surface area contributed by atoms with Crippen LogP contribution in [0.4, 0.5) is 0 Å². The smallest absolute Gasteiger partial charge is 0.226 e. The van der Waals surface area contributed by atoms with E-state index in [0.29, 0.717) is 11.6 Å². The summed E-state index contributed by atoms with van der Waals surface area (Å²) in [5.74, 6) is 2.12. The number of rotatable bonds is 8. The molecule has 0 fully saturated rings. The fourth-order valence-corrected chi connectivity index (χ4v) is 2.81. The lowest BCUT2D eigenvalue weighted by atomic mass is 10.2. The van der Waals surface area contributed by atoms with Crippen molar-refractivity contribution in [2.24, 2.45) is 5.73 Å². The number of thioether (sulfide) groups is 1. The highest BCUT2D eigenvalue weighted by molar-refractivity contribution is 7.98. The van der Waals surface area contributed by atoms with Crippen LogP contribution in [0.25, 0.3) is 0 Å². The molecule has 0 atom stereocenters. The van der Waals surface area contributed by atoms with Crippen molar-refractivity contribution in [3.05, 3.63) is 41.0 Å². The summed E-state index contributed by atoms with van der Waals surface area (Å²) in [6, 6.07) is 7.74. The van der Waals surface area contributed by atoms with Gasteiger partial charge in [-0.05, 0) is 37.6 Å². The van der Waals surface area contributed by atoms with E-state index >= 15 is 0 Å². The van der Waals surface area contributed by atoms with Gasteiger partial charge in [0.05, 0.1) is 5.75 Å². The Bertz CT molecular complexity index is 533. The van der Waals surface area contributed by atoms with E-state index in [0.717, 1.165) is 48.0 Å². The van der Waals surface area contributed by atoms with Crippen LogP contribution >= 0.6 is 23.4 Å². The maximum Gasteiger partial charge on any atom is 0.226 e. The van der Waals surface area contributed by atoms with Gasteiger partial charge in [-0.15, -0.1) is 11.8 Å². The van der Waals surface area contributed by atoms with Crippen LogP contribution in [0.2, 0.25) is 5.02 Å². The molecule has 2 N–H and O–H groups in total. The minimum Gasteiger partial charge on any atom is -0.339 e. The van der Waals surface area contributed by atoms with Gasteiger partial charge in [0.25, 0.3) is 0 Å². The van der Waals surface area contributed by atoms with Crippen LogP contribution in [0.5, 0.6) is 0 Å². The summed E-state index contributed by atoms with van der Waals surface area (Å²) in [5.41, 5.74) is 5.45. The minimum absolute atomic E-state index is 0.687. The van der Waals surface area contributed by atoms with E-state index in [1.165, 1.54) is 0 Å². The van der Waals surface area contributed by atoms with Crippen LogP contribution in [0.3, 0.4) is 0 Å². The largest absolute Gasteiger partial charge is 0.339 e. The minimum atomic E-state index is 0.687. The van der Waals surface area contributed by atoms with Gasteiger partial charge in [0.1, 0.15) is 0 Å². The molecular weight excluding hydrogens is 294 g/mol. The molecule has 0 aliphatic carbocycles. The number of halogens is 1. The number of hydrogen-bond donors (Lipinski definition) is 1. The lowest BCUT2D eigenvalue weighted by Gasteiger charge is -1.98. The van der Waals surface area contributed by atoms with Gasteiger partial charge in [-0.25, -0.2) is 0 Å². The molecule has 2 rings (SSSR count). The highest BCUT2D eigenvalue weighted by Crippen LogP contribution is 2.24. The Morgan fingerprint density at radius 1 is 1.25 bits per heavy atom. The molecule has 0 radical (unpaired) electrons. The number of unbranched alkanes of at least 4 members (excludes halogenated alkanes) is 2. The van der Waals surface area contributed by atoms with Gasteiger partial charge in [0.15, 0.2) is 5.82 Å². The monoisotopic (exact) mass is 311 g/mol. The number of hydrogen-bond acceptors (Lipinski definition) is 5. The Labute approximate surface area is 128 Å². The number of nitrogens with two attached hydrogens (primary N) is 1. The summed E-state index contributed by atoms with van der Waals surface area (Å²) in [6.45, 7) is 0.741. The average molecular weight is 312 g/mol. The third-order valence-electron chi connectivity index (χ3n) is 2.77. The van der Waals surface area contributed by atoms with Crippen molar-refractivity contribution in [2.45, 2.75) is 36.3 Å². The Morgan fingerprint density at radius 3 is 2.95 bits per heavy atom. The van der Waals surface area contributed by atoms with Crippen molar-refractivity contribution in [1.82, 2.24) is 10.1 Å². The number of benzene rings is 1. The van der Waals surface area contributed by atoms with Crippen molar-refractivity contribution in [2.75, 3.05) is 6.54 Å². The van der Waals surface area contributed by atoms with Crippen molar-refractivity contribution in [3.63, 3.8) is 0 Å². The second-order valence-electron chi connectivity index (χ2n) is 4.45. The third kappa shape index (κ3) is 5.15. The zero-order valence-electron chi connectivity index (χ0n) is 11.2. The van der Waals surface area contributed by atoms with Gasteiger partial charge in [-0.3, -0.25) is 0 Å². The molecule has 4 nitrogen and oxygen atoms in total. The number of nitrogens with zero attached hydrogens (tertiary/aromatic N) is 2. The summed E-state index contributed by atoms with van der Waals surface area (Å²) in [4.78, 5) is 5.49. The molecule has 20 heavy (non-hydrogen) atoms. The van der Waals surface area contributed by atoms with Gasteiger partial charge >= 0.3 is 0 Å². The van der Waals surface area contributed by atoms with Crippen molar-refractivity contribution >= 4 is 23.4 Å². The third-order valence-corrected chi connectivity index (χ3v) is 3.99. The van der Waals surface area contributed by atoms with Crippen LogP contribution in [-0.4, -0.2) is 16.7 Å². The highest BCUT2D eigenvalue weighted by atomic mass is 35.5. The fourth-order valence-electron chi connectivity index (χ4n) is 1.75. The van der Waals surface area contributed by atoms with Crippen LogP contribution in [-0.2, 0) is 12.2 Å². The second kappa shape index (κ2) is 8.29. The van der Waals surface area contributed by atoms with Crippen LogP contribution in [0.1, 0.15) is 31.0 Å². The van der Waals surface area contributed by atoms with E-state index < -0.39 is 0 Å². The molecule has 0 saturated heterocycles. The SMILES string of the molecule is NCCCCCc1nc(CSc2cccc(Cl)c2)no1. The molecule has 0 spiro atoms. The quantitative estimate of drug-likeness (QED) is 0.595. The van der Waals surface area contributed by atoms with Crippen molar-refractivity contribution < 1.29 is 4.52 Å². The molecule has 2 aromatic rings. The number of aromatic nitrogens is 2. The van der Waals surface area contributed by atoms with Gasteiger partial charge in [0, 0.05) is 16.3 Å². The van der Waals surface area contributed by atoms with Gasteiger partial charge in [-0.2, -0.15) is 4.98 Å². The number of aryl methyl sites for hydroxylation is 1. The molecule has 6 heteroatoms. The summed E-state index contributed by atoms with van der Waals surface area (Å²) in [5, 5.41) is 4.73. The molecule has 1 heterocycles. The van der Waals surface area contributed by atoms with E-state index in [1.807, 2.05) is 24.3 Å². The zero-order chi connectivity index (χ0) is 14.2. The van der Waals surface area contributed by atoms with Crippen molar-refractivity contribution in [1.29, 1.82) is 0 Å². The molecule has 0 unspecified atom stereocenters. The van der Waals surface area contributed by atoms with Gasteiger partial charge in [-0.1, -0.05) is 29.2 Å². The Kier molecular flexibility index (Phi) is 6.36. The first-order valence-electron chi connectivity index (χ1n) is 6.68. The molecular formula is C14H18ClN3OS. The second-order valence-corrected chi connectivity index (χ2v) is 5.93. The van der Waals surface area contributed by atoms with Crippen LogP contribution in [0, 0.1) is 0 Å². The molecule has 1 aromatic heterocycles. The maximum atomic E-state index is 5.94. The maximum absolute atomic E-state index is 5.94. The molecule has 1 aromatic carbocycles. The summed E-state index contributed by atoms with van der Waals surface area (Å²) in [6.07, 6.45) is 4.02. The standard InChI is InChI=1S/C14H18ClN3OS/c15-11-5-4-6-12(9-11)20-10-13-17-14(19-18-13)7-2-1-3-8-16/h4-6,9H,1-3,7-8,10,16H2. The molecule has 0 aliphatic rings. The van der Waals surface area contributed by atoms with E-state index in [4.69, 9.17) is 21.9 Å². The topological polar surface area (TPSA) is 64.9 Å². The lowest BCUT2D eigenvalue weighted by Crippen LogP contribution is -1.98. The Balaban J connectivity index is 1.78. The summed E-state index contributed by atoms with van der Waals surface area (Å²) in [7, 11) is 0. The lowest BCUT2D eigenvalue weighted by molar-refractivity contribution is 0.370. The first-order valence-corrected chi connectivity index (χ1v) is 8.04. The zero-order valence-corrected chi connectivity index (χ0v) is 12.8. The average Bonchev–Trinajstić information content (AvgIpc) is 2.89. The first kappa shape index (κ1) is 15.4. The predicted molar refractivity (Wildman–Crippen MR) is 81.9 cm³/mol. The van der Waals surface area contributed by atoms with Gasteiger partial charge < -0.3 is 10.3 Å². The molecule has 0 aliphatic heterocycles. The Morgan fingerprint density at radius 2 is 2.15 bits per heavy atom. The highest BCUT2D eigenvalue weighted by Gasteiger charge is 2.06. The molecule has 108 valence electrons. The molecule has 0 bridgehead atoms.